The minimum Gasteiger partial charge on any atom is -0.388 e. The van der Waals surface area contributed by atoms with Crippen molar-refractivity contribution in [1.82, 2.24) is 4.90 Å². The molecule has 1 saturated carbocycles. The maximum atomic E-state index is 10.4. The van der Waals surface area contributed by atoms with E-state index in [4.69, 9.17) is 0 Å². The molecule has 1 aromatic rings. The molecule has 0 aliphatic heterocycles. The third-order valence-corrected chi connectivity index (χ3v) is 3.98. The average Bonchev–Trinajstić information content (AvgIpc) is 3.16. The molecule has 0 heterocycles. The fourth-order valence-electron chi connectivity index (χ4n) is 2.99. The lowest BCUT2D eigenvalue weighted by molar-refractivity contribution is 0.134. The van der Waals surface area contributed by atoms with Gasteiger partial charge in [-0.25, -0.2) is 0 Å². The van der Waals surface area contributed by atoms with Crippen LogP contribution in [0.2, 0.25) is 0 Å². The summed E-state index contributed by atoms with van der Waals surface area (Å²) in [7, 11) is 0. The number of hydrogen-bond donors (Lipinski definition) is 1. The van der Waals surface area contributed by atoms with E-state index in [2.05, 4.69) is 50.8 Å². The molecule has 0 bridgehead atoms. The second-order valence-corrected chi connectivity index (χ2v) is 6.85. The van der Waals surface area contributed by atoms with Crippen LogP contribution in [0.5, 0.6) is 0 Å². The fraction of sp³-hybridized carbons (Fsp3) is 0.667. The summed E-state index contributed by atoms with van der Waals surface area (Å²) >= 11 is 0. The fourth-order valence-corrected chi connectivity index (χ4v) is 2.99. The molecule has 0 saturated heterocycles. The van der Waals surface area contributed by atoms with Crippen LogP contribution in [0.15, 0.2) is 18.2 Å². The second-order valence-electron chi connectivity index (χ2n) is 6.85. The van der Waals surface area contributed by atoms with Gasteiger partial charge in [0.2, 0.25) is 0 Å². The first-order valence-corrected chi connectivity index (χ1v) is 7.96. The van der Waals surface area contributed by atoms with Gasteiger partial charge in [0.1, 0.15) is 0 Å². The first-order valence-electron chi connectivity index (χ1n) is 7.96. The minimum atomic E-state index is -0.331. The van der Waals surface area contributed by atoms with Gasteiger partial charge in [0.25, 0.3) is 0 Å². The van der Waals surface area contributed by atoms with Gasteiger partial charge in [-0.2, -0.15) is 0 Å². The van der Waals surface area contributed by atoms with Gasteiger partial charge in [-0.05, 0) is 44.6 Å². The molecule has 112 valence electrons. The molecule has 2 rings (SSSR count). The minimum absolute atomic E-state index is 0.331. The molecule has 1 atom stereocenters. The van der Waals surface area contributed by atoms with Gasteiger partial charge in [0.05, 0.1) is 6.10 Å². The molecule has 1 unspecified atom stereocenters. The van der Waals surface area contributed by atoms with Crippen molar-refractivity contribution in [3.63, 3.8) is 0 Å². The SMILES string of the molecule is Cc1cc(C)cc(C(O)CCN(CC(C)C)C2CC2)c1. The molecule has 1 aliphatic rings. The van der Waals surface area contributed by atoms with Crippen molar-refractivity contribution in [1.29, 1.82) is 0 Å². The van der Waals surface area contributed by atoms with Gasteiger partial charge in [0.15, 0.2) is 0 Å². The summed E-state index contributed by atoms with van der Waals surface area (Å²) in [5, 5.41) is 10.4. The molecule has 0 spiro atoms. The van der Waals surface area contributed by atoms with Gasteiger partial charge in [-0.1, -0.05) is 43.2 Å². The third-order valence-electron chi connectivity index (χ3n) is 3.98. The van der Waals surface area contributed by atoms with E-state index in [1.54, 1.807) is 0 Å². The van der Waals surface area contributed by atoms with Gasteiger partial charge >= 0.3 is 0 Å². The Hall–Kier alpha value is -0.860. The Labute approximate surface area is 123 Å². The van der Waals surface area contributed by atoms with Crippen LogP contribution >= 0.6 is 0 Å². The third kappa shape index (κ3) is 4.60. The van der Waals surface area contributed by atoms with Crippen LogP contribution in [-0.2, 0) is 0 Å². The van der Waals surface area contributed by atoms with Crippen LogP contribution in [-0.4, -0.2) is 29.1 Å². The summed E-state index contributed by atoms with van der Waals surface area (Å²) in [5.74, 6) is 0.703. The van der Waals surface area contributed by atoms with E-state index < -0.39 is 0 Å². The number of nitrogens with zero attached hydrogens (tertiary/aromatic N) is 1. The number of aryl methyl sites for hydroxylation is 2. The average molecular weight is 275 g/mol. The summed E-state index contributed by atoms with van der Waals surface area (Å²) in [5.41, 5.74) is 3.54. The van der Waals surface area contributed by atoms with E-state index in [9.17, 15) is 5.11 Å². The van der Waals surface area contributed by atoms with E-state index in [0.29, 0.717) is 5.92 Å². The van der Waals surface area contributed by atoms with E-state index in [0.717, 1.165) is 31.1 Å². The zero-order chi connectivity index (χ0) is 14.7. The van der Waals surface area contributed by atoms with Crippen LogP contribution in [0.25, 0.3) is 0 Å². The Morgan fingerprint density at radius 1 is 1.15 bits per heavy atom. The molecule has 0 aromatic heterocycles. The van der Waals surface area contributed by atoms with Gasteiger partial charge < -0.3 is 10.0 Å². The molecule has 1 N–H and O–H groups in total. The second kappa shape index (κ2) is 6.73. The Kier molecular flexibility index (Phi) is 5.22. The van der Waals surface area contributed by atoms with E-state index in [1.165, 1.54) is 24.0 Å². The molecule has 0 amide bonds. The number of hydrogen-bond acceptors (Lipinski definition) is 2. The summed E-state index contributed by atoms with van der Waals surface area (Å²) in [6, 6.07) is 7.16. The molecule has 2 heteroatoms. The Morgan fingerprint density at radius 3 is 2.25 bits per heavy atom. The Morgan fingerprint density at radius 2 is 1.75 bits per heavy atom. The normalized spacial score (nSPS) is 16.9. The zero-order valence-corrected chi connectivity index (χ0v) is 13.4. The lowest BCUT2D eigenvalue weighted by Gasteiger charge is -2.25. The molecule has 2 nitrogen and oxygen atoms in total. The number of aliphatic hydroxyl groups excluding tert-OH is 1. The van der Waals surface area contributed by atoms with E-state index in [-0.39, 0.29) is 6.10 Å². The molecular formula is C18H29NO. The van der Waals surface area contributed by atoms with Crippen LogP contribution in [0, 0.1) is 19.8 Å². The highest BCUT2D eigenvalue weighted by Crippen LogP contribution is 2.29. The lowest BCUT2D eigenvalue weighted by atomic mass is 10.0. The van der Waals surface area contributed by atoms with Crippen molar-refractivity contribution in [3.05, 3.63) is 34.9 Å². The molecule has 1 fully saturated rings. The largest absolute Gasteiger partial charge is 0.388 e. The van der Waals surface area contributed by atoms with Gasteiger partial charge in [-0.15, -0.1) is 0 Å². The Bertz CT molecular complexity index is 417. The van der Waals surface area contributed by atoms with E-state index in [1.807, 2.05) is 0 Å². The van der Waals surface area contributed by atoms with Crippen molar-refractivity contribution in [2.75, 3.05) is 13.1 Å². The van der Waals surface area contributed by atoms with Crippen molar-refractivity contribution < 1.29 is 5.11 Å². The standard InChI is InChI=1S/C18H29NO/c1-13(2)12-19(17-5-6-17)8-7-18(20)16-10-14(3)9-15(4)11-16/h9-11,13,17-18,20H,5-8,12H2,1-4H3. The number of benzene rings is 1. The monoisotopic (exact) mass is 275 g/mol. The van der Waals surface area contributed by atoms with Crippen molar-refractivity contribution >= 4 is 0 Å². The van der Waals surface area contributed by atoms with Gasteiger partial charge in [0, 0.05) is 19.1 Å². The number of aliphatic hydroxyl groups is 1. The smallest absolute Gasteiger partial charge is 0.0802 e. The Balaban J connectivity index is 1.91. The van der Waals surface area contributed by atoms with Crippen molar-refractivity contribution in [2.24, 2.45) is 5.92 Å². The molecule has 0 radical (unpaired) electrons. The number of rotatable bonds is 7. The summed E-state index contributed by atoms with van der Waals surface area (Å²) in [4.78, 5) is 2.57. The molecule has 1 aliphatic carbocycles. The predicted octanol–water partition coefficient (Wildman–Crippen LogP) is 3.85. The maximum absolute atomic E-state index is 10.4. The first-order chi connectivity index (χ1) is 9.45. The zero-order valence-electron chi connectivity index (χ0n) is 13.4. The predicted molar refractivity (Wildman–Crippen MR) is 84.9 cm³/mol. The topological polar surface area (TPSA) is 23.5 Å². The van der Waals surface area contributed by atoms with Gasteiger partial charge in [-0.3, -0.25) is 0 Å². The quantitative estimate of drug-likeness (QED) is 0.817. The van der Waals surface area contributed by atoms with Crippen LogP contribution < -0.4 is 0 Å². The molecule has 20 heavy (non-hydrogen) atoms. The highest BCUT2D eigenvalue weighted by Gasteiger charge is 2.29. The summed E-state index contributed by atoms with van der Waals surface area (Å²) < 4.78 is 0. The van der Waals surface area contributed by atoms with Crippen LogP contribution in [0.4, 0.5) is 0 Å². The molecular weight excluding hydrogens is 246 g/mol. The lowest BCUT2D eigenvalue weighted by Crippen LogP contribution is -2.31. The highest BCUT2D eigenvalue weighted by molar-refractivity contribution is 5.29. The first kappa shape index (κ1) is 15.5. The maximum Gasteiger partial charge on any atom is 0.0802 e. The summed E-state index contributed by atoms with van der Waals surface area (Å²) in [6.45, 7) is 10.9. The summed E-state index contributed by atoms with van der Waals surface area (Å²) in [6.07, 6.45) is 3.19. The molecule has 1 aromatic carbocycles. The van der Waals surface area contributed by atoms with E-state index >= 15 is 0 Å². The van der Waals surface area contributed by atoms with Crippen molar-refractivity contribution in [3.8, 4) is 0 Å². The highest BCUT2D eigenvalue weighted by atomic mass is 16.3. The van der Waals surface area contributed by atoms with Crippen LogP contribution in [0.3, 0.4) is 0 Å². The van der Waals surface area contributed by atoms with Crippen molar-refractivity contribution in [2.45, 2.75) is 59.1 Å². The van der Waals surface area contributed by atoms with Crippen LogP contribution in [0.1, 0.15) is 55.9 Å².